The molecule has 0 aliphatic carbocycles. The molecule has 0 N–H and O–H groups in total. The predicted molar refractivity (Wildman–Crippen MR) is 101 cm³/mol. The van der Waals surface area contributed by atoms with Crippen molar-refractivity contribution >= 4 is 23.2 Å². The average molecular weight is 375 g/mol. The number of benzene rings is 2. The fourth-order valence-corrected chi connectivity index (χ4v) is 3.31. The number of aromatic nitrogens is 2. The standard InChI is InChI=1S/C19H16Cl2N2O2/c1-12(13-8-4-3-5-9-13)23-16(17(20)22-18(21)19(23)24)14-10-6-7-11-15(14)25-2/h3-12H,1-2H3/t12-/m0/s1. The van der Waals surface area contributed by atoms with Crippen LogP contribution in [0.15, 0.2) is 59.4 Å². The Morgan fingerprint density at radius 3 is 2.32 bits per heavy atom. The summed E-state index contributed by atoms with van der Waals surface area (Å²) in [6.07, 6.45) is 0. The van der Waals surface area contributed by atoms with Crippen LogP contribution in [0.3, 0.4) is 0 Å². The number of rotatable bonds is 4. The molecular formula is C19H16Cl2N2O2. The molecule has 128 valence electrons. The molecule has 0 fully saturated rings. The Kier molecular flexibility index (Phi) is 5.11. The van der Waals surface area contributed by atoms with E-state index >= 15 is 0 Å². The summed E-state index contributed by atoms with van der Waals surface area (Å²) in [6.45, 7) is 1.92. The van der Waals surface area contributed by atoms with Gasteiger partial charge in [-0.1, -0.05) is 65.7 Å². The second kappa shape index (κ2) is 7.30. The third-order valence-electron chi connectivity index (χ3n) is 4.06. The van der Waals surface area contributed by atoms with Gasteiger partial charge in [0.1, 0.15) is 5.75 Å². The highest BCUT2D eigenvalue weighted by molar-refractivity contribution is 6.34. The first-order valence-electron chi connectivity index (χ1n) is 7.70. The summed E-state index contributed by atoms with van der Waals surface area (Å²) in [5.41, 5.74) is 1.71. The lowest BCUT2D eigenvalue weighted by Crippen LogP contribution is -2.27. The maximum absolute atomic E-state index is 12.8. The van der Waals surface area contributed by atoms with Crippen LogP contribution in [-0.2, 0) is 0 Å². The van der Waals surface area contributed by atoms with Crippen molar-refractivity contribution in [2.75, 3.05) is 7.11 Å². The Balaban J connectivity index is 2.33. The number of hydrogen-bond donors (Lipinski definition) is 0. The van der Waals surface area contributed by atoms with Gasteiger partial charge in [0.15, 0.2) is 10.3 Å². The van der Waals surface area contributed by atoms with Gasteiger partial charge in [-0.2, -0.15) is 0 Å². The lowest BCUT2D eigenvalue weighted by Gasteiger charge is -2.22. The lowest BCUT2D eigenvalue weighted by atomic mass is 10.1. The van der Waals surface area contributed by atoms with Crippen molar-refractivity contribution in [3.05, 3.63) is 80.8 Å². The van der Waals surface area contributed by atoms with Gasteiger partial charge in [-0.05, 0) is 24.6 Å². The van der Waals surface area contributed by atoms with E-state index in [9.17, 15) is 4.79 Å². The summed E-state index contributed by atoms with van der Waals surface area (Å²) in [7, 11) is 1.57. The van der Waals surface area contributed by atoms with Crippen LogP contribution < -0.4 is 10.3 Å². The molecule has 0 aliphatic rings. The summed E-state index contributed by atoms with van der Waals surface area (Å²) in [5.74, 6) is 0.599. The van der Waals surface area contributed by atoms with Gasteiger partial charge >= 0.3 is 0 Å². The molecule has 4 nitrogen and oxygen atoms in total. The summed E-state index contributed by atoms with van der Waals surface area (Å²) < 4.78 is 6.99. The summed E-state index contributed by atoms with van der Waals surface area (Å²) in [4.78, 5) is 16.8. The molecule has 0 radical (unpaired) electrons. The van der Waals surface area contributed by atoms with E-state index in [1.807, 2.05) is 61.5 Å². The van der Waals surface area contributed by atoms with Gasteiger partial charge in [-0.3, -0.25) is 9.36 Å². The number of ether oxygens (including phenoxy) is 1. The number of para-hydroxylation sites is 1. The van der Waals surface area contributed by atoms with E-state index < -0.39 is 5.56 Å². The van der Waals surface area contributed by atoms with E-state index in [-0.39, 0.29) is 16.3 Å². The van der Waals surface area contributed by atoms with Crippen LogP contribution in [0.25, 0.3) is 11.3 Å². The van der Waals surface area contributed by atoms with Crippen LogP contribution >= 0.6 is 23.2 Å². The Labute approximate surface area is 155 Å². The third kappa shape index (κ3) is 3.28. The number of nitrogens with zero attached hydrogens (tertiary/aromatic N) is 2. The maximum atomic E-state index is 12.8. The predicted octanol–water partition coefficient (Wildman–Crippen LogP) is 4.84. The number of halogens is 2. The van der Waals surface area contributed by atoms with Gasteiger partial charge in [0.2, 0.25) is 0 Å². The number of methoxy groups -OCH3 is 1. The molecule has 1 atom stereocenters. The van der Waals surface area contributed by atoms with E-state index in [1.165, 1.54) is 0 Å². The van der Waals surface area contributed by atoms with Crippen molar-refractivity contribution in [3.63, 3.8) is 0 Å². The second-order valence-electron chi connectivity index (χ2n) is 5.50. The topological polar surface area (TPSA) is 44.1 Å². The first-order valence-corrected chi connectivity index (χ1v) is 8.46. The van der Waals surface area contributed by atoms with Crippen LogP contribution in [0.5, 0.6) is 5.75 Å². The molecular weight excluding hydrogens is 359 g/mol. The number of hydrogen-bond acceptors (Lipinski definition) is 3. The second-order valence-corrected chi connectivity index (χ2v) is 6.22. The van der Waals surface area contributed by atoms with Crippen molar-refractivity contribution in [2.24, 2.45) is 0 Å². The third-order valence-corrected chi connectivity index (χ3v) is 4.57. The van der Waals surface area contributed by atoms with Crippen molar-refractivity contribution in [2.45, 2.75) is 13.0 Å². The molecule has 3 aromatic rings. The quantitative estimate of drug-likeness (QED) is 0.656. The zero-order valence-electron chi connectivity index (χ0n) is 13.7. The van der Waals surface area contributed by atoms with Gasteiger partial charge in [0.05, 0.1) is 18.8 Å². The van der Waals surface area contributed by atoms with Crippen LogP contribution in [0.2, 0.25) is 10.3 Å². The van der Waals surface area contributed by atoms with Crippen LogP contribution in [0, 0.1) is 0 Å². The molecule has 2 aromatic carbocycles. The Bertz CT molecular complexity index is 955. The highest BCUT2D eigenvalue weighted by Gasteiger charge is 2.23. The molecule has 0 bridgehead atoms. The van der Waals surface area contributed by atoms with E-state index in [0.717, 1.165) is 5.56 Å². The van der Waals surface area contributed by atoms with E-state index in [4.69, 9.17) is 27.9 Å². The first kappa shape index (κ1) is 17.5. The molecule has 0 aliphatic heterocycles. The van der Waals surface area contributed by atoms with Gasteiger partial charge in [-0.25, -0.2) is 4.98 Å². The minimum Gasteiger partial charge on any atom is -0.496 e. The molecule has 1 aromatic heterocycles. The van der Waals surface area contributed by atoms with E-state index in [2.05, 4.69) is 4.98 Å². The van der Waals surface area contributed by atoms with Gasteiger partial charge in [0.25, 0.3) is 5.56 Å². The first-order chi connectivity index (χ1) is 12.0. The molecule has 0 unspecified atom stereocenters. The highest BCUT2D eigenvalue weighted by Crippen LogP contribution is 2.35. The van der Waals surface area contributed by atoms with Crippen molar-refractivity contribution < 1.29 is 4.74 Å². The molecule has 3 rings (SSSR count). The molecule has 25 heavy (non-hydrogen) atoms. The Morgan fingerprint density at radius 2 is 1.64 bits per heavy atom. The Morgan fingerprint density at radius 1 is 1.00 bits per heavy atom. The van der Waals surface area contributed by atoms with E-state index in [0.29, 0.717) is 17.0 Å². The van der Waals surface area contributed by atoms with Gasteiger partial charge in [0, 0.05) is 5.56 Å². The molecule has 1 heterocycles. The minimum absolute atomic E-state index is 0.150. The zero-order valence-corrected chi connectivity index (χ0v) is 15.3. The average Bonchev–Trinajstić information content (AvgIpc) is 2.64. The molecule has 0 saturated carbocycles. The molecule has 0 spiro atoms. The summed E-state index contributed by atoms with van der Waals surface area (Å²) in [6, 6.07) is 16.7. The van der Waals surface area contributed by atoms with E-state index in [1.54, 1.807) is 11.7 Å². The summed E-state index contributed by atoms with van der Waals surface area (Å²) >= 11 is 12.4. The van der Waals surface area contributed by atoms with Crippen LogP contribution in [0.4, 0.5) is 0 Å². The largest absolute Gasteiger partial charge is 0.496 e. The van der Waals surface area contributed by atoms with Crippen molar-refractivity contribution in [3.8, 4) is 17.0 Å². The lowest BCUT2D eigenvalue weighted by molar-refractivity contribution is 0.415. The van der Waals surface area contributed by atoms with Gasteiger partial charge in [-0.15, -0.1) is 0 Å². The molecule has 6 heteroatoms. The van der Waals surface area contributed by atoms with Crippen LogP contribution in [-0.4, -0.2) is 16.7 Å². The zero-order chi connectivity index (χ0) is 18.0. The monoisotopic (exact) mass is 374 g/mol. The van der Waals surface area contributed by atoms with Crippen LogP contribution in [0.1, 0.15) is 18.5 Å². The Hall–Kier alpha value is -2.30. The maximum Gasteiger partial charge on any atom is 0.289 e. The highest BCUT2D eigenvalue weighted by atomic mass is 35.5. The minimum atomic E-state index is -0.400. The molecule has 0 saturated heterocycles. The van der Waals surface area contributed by atoms with Crippen molar-refractivity contribution in [1.82, 2.24) is 9.55 Å². The smallest absolute Gasteiger partial charge is 0.289 e. The van der Waals surface area contributed by atoms with Crippen molar-refractivity contribution in [1.29, 1.82) is 0 Å². The summed E-state index contributed by atoms with van der Waals surface area (Å²) in [5, 5.41) is -0.0108. The molecule has 0 amide bonds. The normalized spacial score (nSPS) is 12.0. The fraction of sp³-hybridized carbons (Fsp3) is 0.158. The fourth-order valence-electron chi connectivity index (χ4n) is 2.82. The SMILES string of the molecule is COc1ccccc1-c1c(Cl)nc(Cl)c(=O)n1[C@@H](C)c1ccccc1. The van der Waals surface area contributed by atoms with Gasteiger partial charge < -0.3 is 4.74 Å².